The van der Waals surface area contributed by atoms with Crippen molar-refractivity contribution in [3.63, 3.8) is 0 Å². The van der Waals surface area contributed by atoms with Crippen LogP contribution in [-0.2, 0) is 37.0 Å². The molecule has 1 nitrogen and oxygen atoms in total. The van der Waals surface area contributed by atoms with Crippen molar-refractivity contribution in [3.8, 4) is 16.9 Å². The third kappa shape index (κ3) is 4.27. The fraction of sp³-hybridized carbons (Fsp3) is 0.400. The third-order valence-corrected chi connectivity index (χ3v) is 5.16. The Morgan fingerprint density at radius 3 is 1.93 bits per heavy atom. The maximum absolute atomic E-state index is 5.97. The molecule has 0 radical (unpaired) electrons. The molecule has 0 aliphatic rings. The van der Waals surface area contributed by atoms with Gasteiger partial charge in [0.25, 0.3) is 0 Å². The van der Waals surface area contributed by atoms with E-state index in [0.717, 1.165) is 5.75 Å². The van der Waals surface area contributed by atoms with Gasteiger partial charge >= 0.3 is 0 Å². The molecular weight excluding hydrogens is 407 g/mol. The summed E-state index contributed by atoms with van der Waals surface area (Å²) in [5, 5.41) is 2.57. The van der Waals surface area contributed by atoms with E-state index in [0.29, 0.717) is 0 Å². The van der Waals surface area contributed by atoms with Gasteiger partial charge in [0.2, 0.25) is 0 Å². The molecular formula is C25H31OZr-. The number of fused-ring (bicyclic) bond motifs is 1. The zero-order valence-corrected chi connectivity index (χ0v) is 20.4. The number of aryl methyl sites for hydroxylation is 1. The van der Waals surface area contributed by atoms with Gasteiger partial charge < -0.3 is 4.74 Å². The number of methoxy groups -OCH3 is 1. The van der Waals surface area contributed by atoms with Crippen LogP contribution in [0.5, 0.6) is 5.75 Å². The van der Waals surface area contributed by atoms with E-state index in [4.69, 9.17) is 4.74 Å². The SMILES string of the molecule is COc1c(C(C)(C)C)cc2[cH-]c(C)cc2c1-c1ccc(C(C)(C)C)cc1.[Zr]. The minimum absolute atomic E-state index is 0. The molecule has 0 N–H and O–H groups in total. The predicted molar refractivity (Wildman–Crippen MR) is 114 cm³/mol. The number of ether oxygens (including phenoxy) is 1. The maximum atomic E-state index is 5.97. The summed E-state index contributed by atoms with van der Waals surface area (Å²) in [6.45, 7) is 15.7. The van der Waals surface area contributed by atoms with Crippen LogP contribution in [0, 0.1) is 6.92 Å². The van der Waals surface area contributed by atoms with Crippen LogP contribution in [0.25, 0.3) is 21.9 Å². The van der Waals surface area contributed by atoms with Gasteiger partial charge in [-0.05, 0) is 33.1 Å². The van der Waals surface area contributed by atoms with Gasteiger partial charge in [0.1, 0.15) is 5.75 Å². The predicted octanol–water partition coefficient (Wildman–Crippen LogP) is 7.14. The molecule has 0 aromatic heterocycles. The van der Waals surface area contributed by atoms with Gasteiger partial charge in [-0.2, -0.15) is 6.07 Å². The molecule has 142 valence electrons. The van der Waals surface area contributed by atoms with E-state index in [2.05, 4.69) is 90.9 Å². The molecule has 3 aromatic carbocycles. The monoisotopic (exact) mass is 437 g/mol. The van der Waals surface area contributed by atoms with Crippen molar-refractivity contribution in [1.82, 2.24) is 0 Å². The molecule has 0 saturated carbocycles. The molecule has 0 spiro atoms. The Labute approximate surface area is 183 Å². The number of rotatable bonds is 2. The van der Waals surface area contributed by atoms with Crippen molar-refractivity contribution in [2.24, 2.45) is 0 Å². The average Bonchev–Trinajstić information content (AvgIpc) is 2.91. The Bertz CT molecular complexity index is 932. The fourth-order valence-electron chi connectivity index (χ4n) is 3.68. The van der Waals surface area contributed by atoms with Gasteiger partial charge in [0, 0.05) is 26.2 Å². The first-order valence-electron chi connectivity index (χ1n) is 9.42. The van der Waals surface area contributed by atoms with Crippen LogP contribution in [-0.4, -0.2) is 7.11 Å². The van der Waals surface area contributed by atoms with Crippen LogP contribution >= 0.6 is 0 Å². The first-order chi connectivity index (χ1) is 12.0. The Morgan fingerprint density at radius 1 is 0.852 bits per heavy atom. The van der Waals surface area contributed by atoms with Crippen LogP contribution in [0.15, 0.2) is 42.5 Å². The smallest absolute Gasteiger partial charge is 0.111 e. The van der Waals surface area contributed by atoms with Crippen molar-refractivity contribution in [1.29, 1.82) is 0 Å². The Hall–Kier alpha value is -1.27. The van der Waals surface area contributed by atoms with Crippen molar-refractivity contribution in [2.75, 3.05) is 7.11 Å². The van der Waals surface area contributed by atoms with Crippen molar-refractivity contribution in [2.45, 2.75) is 59.3 Å². The number of benzene rings is 2. The van der Waals surface area contributed by atoms with Gasteiger partial charge in [-0.15, -0.1) is 28.5 Å². The summed E-state index contributed by atoms with van der Waals surface area (Å²) in [6.07, 6.45) is 0. The Morgan fingerprint density at radius 2 is 1.44 bits per heavy atom. The van der Waals surface area contributed by atoms with Crippen molar-refractivity contribution < 1.29 is 30.9 Å². The third-order valence-electron chi connectivity index (χ3n) is 5.16. The summed E-state index contributed by atoms with van der Waals surface area (Å²) >= 11 is 0. The average molecular weight is 439 g/mol. The molecule has 27 heavy (non-hydrogen) atoms. The maximum Gasteiger partial charge on any atom is 0.111 e. The molecule has 0 heterocycles. The van der Waals surface area contributed by atoms with E-state index >= 15 is 0 Å². The molecule has 0 saturated heterocycles. The van der Waals surface area contributed by atoms with Crippen LogP contribution in [0.1, 0.15) is 58.2 Å². The Balaban J connectivity index is 0.00000261. The second-order valence-corrected chi connectivity index (χ2v) is 9.45. The molecule has 3 rings (SSSR count). The number of hydrogen-bond donors (Lipinski definition) is 0. The molecule has 0 aliphatic heterocycles. The molecule has 0 fully saturated rings. The van der Waals surface area contributed by atoms with E-state index in [-0.39, 0.29) is 37.0 Å². The van der Waals surface area contributed by atoms with E-state index < -0.39 is 0 Å². The second kappa shape index (κ2) is 7.63. The summed E-state index contributed by atoms with van der Waals surface area (Å²) in [5.74, 6) is 0.999. The zero-order chi connectivity index (χ0) is 19.3. The molecule has 3 aromatic rings. The van der Waals surface area contributed by atoms with Crippen LogP contribution < -0.4 is 4.74 Å². The summed E-state index contributed by atoms with van der Waals surface area (Å²) in [5.41, 5.74) is 6.50. The molecule has 0 amide bonds. The van der Waals surface area contributed by atoms with Gasteiger partial charge in [-0.1, -0.05) is 72.7 Å². The van der Waals surface area contributed by atoms with Crippen LogP contribution in [0.2, 0.25) is 0 Å². The molecule has 0 unspecified atom stereocenters. The summed E-state index contributed by atoms with van der Waals surface area (Å²) in [6, 6.07) is 15.8. The minimum atomic E-state index is 0. The van der Waals surface area contributed by atoms with Gasteiger partial charge in [-0.3, -0.25) is 0 Å². The van der Waals surface area contributed by atoms with Crippen molar-refractivity contribution >= 4 is 10.8 Å². The topological polar surface area (TPSA) is 9.23 Å². The van der Waals surface area contributed by atoms with E-state index in [9.17, 15) is 0 Å². The minimum Gasteiger partial charge on any atom is -0.498 e. The van der Waals surface area contributed by atoms with Crippen LogP contribution in [0.3, 0.4) is 0 Å². The first kappa shape index (κ1) is 22.0. The molecule has 2 heteroatoms. The molecule has 0 atom stereocenters. The van der Waals surface area contributed by atoms with E-state index in [1.54, 1.807) is 7.11 Å². The van der Waals surface area contributed by atoms with Crippen LogP contribution in [0.4, 0.5) is 0 Å². The molecule has 0 bridgehead atoms. The van der Waals surface area contributed by atoms with E-state index in [1.165, 1.54) is 38.6 Å². The zero-order valence-electron chi connectivity index (χ0n) is 17.9. The summed E-state index contributed by atoms with van der Waals surface area (Å²) < 4.78 is 5.97. The van der Waals surface area contributed by atoms with Gasteiger partial charge in [0.05, 0.1) is 7.11 Å². The van der Waals surface area contributed by atoms with Gasteiger partial charge in [-0.25, -0.2) is 0 Å². The van der Waals surface area contributed by atoms with Crippen molar-refractivity contribution in [3.05, 3.63) is 59.2 Å². The summed E-state index contributed by atoms with van der Waals surface area (Å²) in [7, 11) is 1.79. The second-order valence-electron chi connectivity index (χ2n) is 9.45. The fourth-order valence-corrected chi connectivity index (χ4v) is 3.68. The number of hydrogen-bond acceptors (Lipinski definition) is 1. The van der Waals surface area contributed by atoms with Gasteiger partial charge in [0.15, 0.2) is 0 Å². The largest absolute Gasteiger partial charge is 0.498 e. The normalized spacial score (nSPS) is 12.1. The quantitative estimate of drug-likeness (QED) is 0.386. The van der Waals surface area contributed by atoms with E-state index in [1.807, 2.05) is 0 Å². The first-order valence-corrected chi connectivity index (χ1v) is 9.42. The summed E-state index contributed by atoms with van der Waals surface area (Å²) in [4.78, 5) is 0. The molecule has 0 aliphatic carbocycles. The standard InChI is InChI=1S/C25H31O.Zr/c1-16-13-18-15-21(25(5,6)7)23(26-8)22(20(18)14-16)17-9-11-19(12-10-17)24(2,3)4;/h9-15H,1-8H3;/q-1;. The Kier molecular flexibility index (Phi) is 6.22.